The molecule has 2 aliphatic rings. The summed E-state index contributed by atoms with van der Waals surface area (Å²) >= 11 is 0. The molecule has 2 rings (SSSR count). The molecule has 3 N–H and O–H groups in total. The Kier molecular flexibility index (Phi) is 7.47. The highest BCUT2D eigenvalue weighted by molar-refractivity contribution is 5.78. The molecule has 5 nitrogen and oxygen atoms in total. The Morgan fingerprint density at radius 3 is 2.14 bits per heavy atom. The van der Waals surface area contributed by atoms with Crippen LogP contribution in [0.1, 0.15) is 38.5 Å². The minimum Gasteiger partial charge on any atom is -0.356 e. The SMILES string of the molecule is NCCCN1CCN(CCCNC(=O)C2CCCC2)CC1. The van der Waals surface area contributed by atoms with Gasteiger partial charge in [0.15, 0.2) is 0 Å². The Balaban J connectivity index is 1.49. The second-order valence-electron chi connectivity index (χ2n) is 6.45. The first-order chi connectivity index (χ1) is 10.3. The summed E-state index contributed by atoms with van der Waals surface area (Å²) in [5, 5.41) is 3.11. The van der Waals surface area contributed by atoms with Gasteiger partial charge in [-0.2, -0.15) is 0 Å². The average Bonchev–Trinajstić information content (AvgIpc) is 3.05. The zero-order valence-electron chi connectivity index (χ0n) is 13.4. The molecule has 1 heterocycles. The number of nitrogens with one attached hydrogen (secondary N) is 1. The van der Waals surface area contributed by atoms with Crippen LogP contribution in [0.3, 0.4) is 0 Å². The van der Waals surface area contributed by atoms with Gasteiger partial charge >= 0.3 is 0 Å². The van der Waals surface area contributed by atoms with Crippen LogP contribution in [0.15, 0.2) is 0 Å². The van der Waals surface area contributed by atoms with Crippen molar-refractivity contribution in [2.24, 2.45) is 11.7 Å². The Hall–Kier alpha value is -0.650. The van der Waals surface area contributed by atoms with Gasteiger partial charge in [0, 0.05) is 38.6 Å². The Bertz CT molecular complexity index is 297. The maximum Gasteiger partial charge on any atom is 0.223 e. The standard InChI is InChI=1S/C16H32N4O/c17-7-3-9-19-11-13-20(14-12-19)10-4-8-18-16(21)15-5-1-2-6-15/h15H,1-14,17H2,(H,18,21). The molecule has 0 spiro atoms. The summed E-state index contributed by atoms with van der Waals surface area (Å²) < 4.78 is 0. The number of carbonyl (C=O) groups is 1. The lowest BCUT2D eigenvalue weighted by molar-refractivity contribution is -0.124. The number of hydrogen-bond donors (Lipinski definition) is 2. The van der Waals surface area contributed by atoms with E-state index in [2.05, 4.69) is 15.1 Å². The molecule has 2 fully saturated rings. The van der Waals surface area contributed by atoms with Crippen LogP contribution in [-0.2, 0) is 4.79 Å². The summed E-state index contributed by atoms with van der Waals surface area (Å²) in [5.74, 6) is 0.593. The van der Waals surface area contributed by atoms with Crippen molar-refractivity contribution < 1.29 is 4.79 Å². The fraction of sp³-hybridized carbons (Fsp3) is 0.938. The molecule has 21 heavy (non-hydrogen) atoms. The van der Waals surface area contributed by atoms with Gasteiger partial charge < -0.3 is 20.9 Å². The lowest BCUT2D eigenvalue weighted by Gasteiger charge is -2.34. The van der Waals surface area contributed by atoms with Gasteiger partial charge in [-0.05, 0) is 45.3 Å². The molecule has 0 atom stereocenters. The molecule has 0 bridgehead atoms. The zero-order valence-corrected chi connectivity index (χ0v) is 13.4. The van der Waals surface area contributed by atoms with E-state index in [9.17, 15) is 4.79 Å². The summed E-state index contributed by atoms with van der Waals surface area (Å²) in [6.45, 7) is 8.51. The number of piperazine rings is 1. The van der Waals surface area contributed by atoms with Gasteiger partial charge in [0.2, 0.25) is 5.91 Å². The first kappa shape index (κ1) is 16.7. The molecule has 0 unspecified atom stereocenters. The fourth-order valence-electron chi connectivity index (χ4n) is 3.40. The van der Waals surface area contributed by atoms with E-state index in [0.717, 1.165) is 78.0 Å². The summed E-state index contributed by atoms with van der Waals surface area (Å²) in [7, 11) is 0. The quantitative estimate of drug-likeness (QED) is 0.646. The van der Waals surface area contributed by atoms with Gasteiger partial charge in [-0.15, -0.1) is 0 Å². The van der Waals surface area contributed by atoms with Crippen LogP contribution in [0.5, 0.6) is 0 Å². The highest BCUT2D eigenvalue weighted by atomic mass is 16.1. The van der Waals surface area contributed by atoms with E-state index in [1.54, 1.807) is 0 Å². The highest BCUT2D eigenvalue weighted by Crippen LogP contribution is 2.24. The summed E-state index contributed by atoms with van der Waals surface area (Å²) in [5.41, 5.74) is 5.55. The first-order valence-electron chi connectivity index (χ1n) is 8.72. The van der Waals surface area contributed by atoms with E-state index < -0.39 is 0 Å². The van der Waals surface area contributed by atoms with Crippen LogP contribution in [0.4, 0.5) is 0 Å². The Morgan fingerprint density at radius 2 is 1.57 bits per heavy atom. The normalized spacial score (nSPS) is 21.8. The zero-order chi connectivity index (χ0) is 14.9. The number of nitrogens with two attached hydrogens (primary N) is 1. The number of rotatable bonds is 8. The second kappa shape index (κ2) is 9.38. The van der Waals surface area contributed by atoms with Gasteiger partial charge in [-0.3, -0.25) is 4.79 Å². The van der Waals surface area contributed by atoms with Crippen molar-refractivity contribution in [3.8, 4) is 0 Å². The van der Waals surface area contributed by atoms with Crippen molar-refractivity contribution >= 4 is 5.91 Å². The molecule has 0 aromatic rings. The minimum atomic E-state index is 0.291. The maximum absolute atomic E-state index is 11.9. The van der Waals surface area contributed by atoms with Crippen LogP contribution in [0, 0.1) is 5.92 Å². The molecule has 122 valence electrons. The number of carbonyl (C=O) groups excluding carboxylic acids is 1. The van der Waals surface area contributed by atoms with E-state index in [1.807, 2.05) is 0 Å². The Labute approximate surface area is 129 Å². The van der Waals surface area contributed by atoms with E-state index in [0.29, 0.717) is 11.8 Å². The fourth-order valence-corrected chi connectivity index (χ4v) is 3.40. The molecule has 1 saturated heterocycles. The number of hydrogen-bond acceptors (Lipinski definition) is 4. The monoisotopic (exact) mass is 296 g/mol. The van der Waals surface area contributed by atoms with Gasteiger partial charge in [0.1, 0.15) is 0 Å². The van der Waals surface area contributed by atoms with Crippen LogP contribution >= 0.6 is 0 Å². The minimum absolute atomic E-state index is 0.291. The smallest absolute Gasteiger partial charge is 0.223 e. The van der Waals surface area contributed by atoms with E-state index in [1.165, 1.54) is 12.8 Å². The van der Waals surface area contributed by atoms with Gasteiger partial charge in [-0.25, -0.2) is 0 Å². The molecular weight excluding hydrogens is 264 g/mol. The van der Waals surface area contributed by atoms with Crippen LogP contribution in [-0.4, -0.2) is 68.1 Å². The molecule has 1 saturated carbocycles. The molecule has 0 aromatic carbocycles. The van der Waals surface area contributed by atoms with Crippen LogP contribution in [0.25, 0.3) is 0 Å². The first-order valence-corrected chi connectivity index (χ1v) is 8.72. The average molecular weight is 296 g/mol. The predicted octanol–water partition coefficient (Wildman–Crippen LogP) is 0.649. The maximum atomic E-state index is 11.9. The summed E-state index contributed by atoms with van der Waals surface area (Å²) in [6, 6.07) is 0. The Morgan fingerprint density at radius 1 is 1.00 bits per heavy atom. The van der Waals surface area contributed by atoms with Crippen molar-refractivity contribution in [3.63, 3.8) is 0 Å². The largest absolute Gasteiger partial charge is 0.356 e. The third-order valence-corrected chi connectivity index (χ3v) is 4.82. The van der Waals surface area contributed by atoms with Crippen molar-refractivity contribution in [2.75, 3.05) is 52.4 Å². The van der Waals surface area contributed by atoms with Crippen molar-refractivity contribution in [3.05, 3.63) is 0 Å². The molecule has 1 aliphatic carbocycles. The lowest BCUT2D eigenvalue weighted by Crippen LogP contribution is -2.47. The number of amides is 1. The summed E-state index contributed by atoms with van der Waals surface area (Å²) in [6.07, 6.45) is 6.82. The second-order valence-corrected chi connectivity index (χ2v) is 6.45. The van der Waals surface area contributed by atoms with Crippen molar-refractivity contribution in [1.29, 1.82) is 0 Å². The van der Waals surface area contributed by atoms with E-state index >= 15 is 0 Å². The van der Waals surface area contributed by atoms with E-state index in [-0.39, 0.29) is 0 Å². The van der Waals surface area contributed by atoms with Gasteiger partial charge in [-0.1, -0.05) is 12.8 Å². The topological polar surface area (TPSA) is 61.6 Å². The summed E-state index contributed by atoms with van der Waals surface area (Å²) in [4.78, 5) is 16.9. The molecular formula is C16H32N4O. The van der Waals surface area contributed by atoms with E-state index in [4.69, 9.17) is 5.73 Å². The molecule has 0 aromatic heterocycles. The molecule has 1 amide bonds. The molecule has 5 heteroatoms. The third kappa shape index (κ3) is 5.93. The van der Waals surface area contributed by atoms with Gasteiger partial charge in [0.05, 0.1) is 0 Å². The van der Waals surface area contributed by atoms with Crippen LogP contribution in [0.2, 0.25) is 0 Å². The van der Waals surface area contributed by atoms with Gasteiger partial charge in [0.25, 0.3) is 0 Å². The van der Waals surface area contributed by atoms with Crippen LogP contribution < -0.4 is 11.1 Å². The van der Waals surface area contributed by atoms with Crippen molar-refractivity contribution in [1.82, 2.24) is 15.1 Å². The van der Waals surface area contributed by atoms with Crippen molar-refractivity contribution in [2.45, 2.75) is 38.5 Å². The predicted molar refractivity (Wildman–Crippen MR) is 86.1 cm³/mol. The highest BCUT2D eigenvalue weighted by Gasteiger charge is 2.22. The number of nitrogens with zero attached hydrogens (tertiary/aromatic N) is 2. The molecule has 0 radical (unpaired) electrons. The lowest BCUT2D eigenvalue weighted by atomic mass is 10.1. The third-order valence-electron chi connectivity index (χ3n) is 4.82. The molecule has 1 aliphatic heterocycles.